The van der Waals surface area contributed by atoms with E-state index >= 15 is 0 Å². The smallest absolute Gasteiger partial charge is 0.407 e. The highest BCUT2D eigenvalue weighted by atomic mass is 32.2. The third-order valence-corrected chi connectivity index (χ3v) is 9.80. The lowest BCUT2D eigenvalue weighted by atomic mass is 10.00. The first-order chi connectivity index (χ1) is 23.4. The normalized spacial score (nSPS) is 11.7. The van der Waals surface area contributed by atoms with Gasteiger partial charge >= 0.3 is 6.09 Å². The molecule has 13 nitrogen and oxygen atoms in total. The summed E-state index contributed by atoms with van der Waals surface area (Å²) in [4.78, 5) is 30.2. The van der Waals surface area contributed by atoms with Crippen molar-refractivity contribution in [1.29, 1.82) is 0 Å². The van der Waals surface area contributed by atoms with E-state index in [0.29, 0.717) is 39.0 Å². The minimum absolute atomic E-state index is 0.0800. The van der Waals surface area contributed by atoms with Crippen LogP contribution in [0.3, 0.4) is 0 Å². The van der Waals surface area contributed by atoms with E-state index in [1.54, 1.807) is 65.5 Å². The molecule has 0 unspecified atom stereocenters. The van der Waals surface area contributed by atoms with E-state index in [0.717, 1.165) is 17.0 Å². The second kappa shape index (κ2) is 13.3. The number of benzene rings is 3. The van der Waals surface area contributed by atoms with Crippen molar-refractivity contribution in [2.45, 2.75) is 18.0 Å². The summed E-state index contributed by atoms with van der Waals surface area (Å²) in [6.45, 7) is 1.10. The molecular weight excluding hydrogens is 646 g/mol. The maximum atomic E-state index is 14.3. The average molecular weight is 680 g/mol. The number of nitro benzene ring substituents is 1. The quantitative estimate of drug-likeness (QED) is 0.127. The van der Waals surface area contributed by atoms with Gasteiger partial charge in [0.2, 0.25) is 0 Å². The highest BCUT2D eigenvalue weighted by Crippen LogP contribution is 2.40. The molecule has 0 spiro atoms. The van der Waals surface area contributed by atoms with Crippen LogP contribution in [0.1, 0.15) is 5.56 Å². The second-order valence-electron chi connectivity index (χ2n) is 11.8. The number of carbonyl (C=O) groups is 1. The molecule has 1 amide bonds. The van der Waals surface area contributed by atoms with Crippen molar-refractivity contribution in [3.63, 3.8) is 0 Å². The maximum Gasteiger partial charge on any atom is 0.407 e. The van der Waals surface area contributed by atoms with Crippen molar-refractivity contribution in [3.05, 3.63) is 119 Å². The lowest BCUT2D eigenvalue weighted by molar-refractivity contribution is -0.384. The molecule has 6 rings (SSSR count). The fourth-order valence-electron chi connectivity index (χ4n) is 5.63. The Hall–Kier alpha value is -5.86. The molecule has 6 aromatic rings. The molecule has 49 heavy (non-hydrogen) atoms. The number of nitro groups is 1. The van der Waals surface area contributed by atoms with Crippen molar-refractivity contribution in [2.24, 2.45) is 0 Å². The van der Waals surface area contributed by atoms with Crippen molar-refractivity contribution >= 4 is 32.8 Å². The van der Waals surface area contributed by atoms with Gasteiger partial charge in [-0.05, 0) is 67.2 Å². The van der Waals surface area contributed by atoms with E-state index in [1.807, 2.05) is 43.3 Å². The summed E-state index contributed by atoms with van der Waals surface area (Å²) in [7, 11) is 1.28. The number of non-ortho nitro benzene ring substituents is 1. The molecule has 0 radical (unpaired) electrons. The van der Waals surface area contributed by atoms with E-state index in [9.17, 15) is 28.4 Å². The summed E-state index contributed by atoms with van der Waals surface area (Å²) in [5, 5.41) is 26.0. The fourth-order valence-corrected chi connectivity index (χ4v) is 7.14. The number of rotatable bonds is 11. The highest BCUT2D eigenvalue weighted by Gasteiger charge is 2.27. The summed E-state index contributed by atoms with van der Waals surface area (Å²) in [6, 6.07) is 25.4. The van der Waals surface area contributed by atoms with E-state index in [-0.39, 0.29) is 29.3 Å². The van der Waals surface area contributed by atoms with Crippen LogP contribution in [0.5, 0.6) is 0 Å². The number of aromatic nitrogens is 4. The average Bonchev–Trinajstić information content (AvgIpc) is 3.70. The largest absolute Gasteiger partial charge is 0.465 e. The molecule has 3 heterocycles. The number of hydrogen-bond acceptors (Lipinski definition) is 8. The first-order valence-electron chi connectivity index (χ1n) is 15.3. The van der Waals surface area contributed by atoms with Crippen LogP contribution in [-0.4, -0.2) is 80.8 Å². The van der Waals surface area contributed by atoms with Crippen LogP contribution < -0.4 is 0 Å². The summed E-state index contributed by atoms with van der Waals surface area (Å²) in [6.07, 6.45) is 2.22. The van der Waals surface area contributed by atoms with Crippen LogP contribution in [-0.2, 0) is 23.1 Å². The summed E-state index contributed by atoms with van der Waals surface area (Å²) < 4.78 is 31.6. The van der Waals surface area contributed by atoms with Gasteiger partial charge in [-0.3, -0.25) is 14.8 Å². The molecular formula is C35H33N7O6S. The molecule has 0 atom stereocenters. The van der Waals surface area contributed by atoms with Gasteiger partial charge in [-0.1, -0.05) is 42.5 Å². The van der Waals surface area contributed by atoms with E-state index in [1.165, 1.54) is 29.3 Å². The second-order valence-corrected chi connectivity index (χ2v) is 13.6. The zero-order chi connectivity index (χ0) is 34.9. The van der Waals surface area contributed by atoms with Crippen LogP contribution in [0.25, 0.3) is 44.7 Å². The van der Waals surface area contributed by atoms with Crippen LogP contribution in [0, 0.1) is 10.1 Å². The van der Waals surface area contributed by atoms with E-state index in [2.05, 4.69) is 4.98 Å². The Balaban J connectivity index is 1.58. The fraction of sp³-hybridized carbons (Fsp3) is 0.171. The Morgan fingerprint density at radius 2 is 1.59 bits per heavy atom. The summed E-state index contributed by atoms with van der Waals surface area (Å²) in [5.74, 6) is 0. The Morgan fingerprint density at radius 1 is 0.918 bits per heavy atom. The monoisotopic (exact) mass is 679 g/mol. The Morgan fingerprint density at radius 3 is 2.22 bits per heavy atom. The molecule has 0 saturated heterocycles. The van der Waals surface area contributed by atoms with Crippen LogP contribution in [0.15, 0.2) is 108 Å². The van der Waals surface area contributed by atoms with Gasteiger partial charge in [-0.25, -0.2) is 22.2 Å². The van der Waals surface area contributed by atoms with Crippen molar-refractivity contribution in [2.75, 3.05) is 27.7 Å². The van der Waals surface area contributed by atoms with Gasteiger partial charge in [0.15, 0.2) is 5.65 Å². The predicted octanol–water partition coefficient (Wildman–Crippen LogP) is 6.05. The van der Waals surface area contributed by atoms with Crippen molar-refractivity contribution in [3.8, 4) is 33.6 Å². The molecule has 1 N–H and O–H groups in total. The molecule has 14 heteroatoms. The Bertz CT molecular complexity index is 2260. The highest BCUT2D eigenvalue weighted by molar-refractivity contribution is 7.90. The van der Waals surface area contributed by atoms with Crippen LogP contribution in [0.2, 0.25) is 0 Å². The lowest BCUT2D eigenvalue weighted by Gasteiger charge is -2.13. The van der Waals surface area contributed by atoms with Gasteiger partial charge in [0, 0.05) is 61.2 Å². The molecule has 0 aliphatic rings. The molecule has 3 aromatic carbocycles. The van der Waals surface area contributed by atoms with Gasteiger partial charge in [0.05, 0.1) is 22.1 Å². The summed E-state index contributed by atoms with van der Waals surface area (Å²) in [5.41, 5.74) is 4.60. The molecule has 0 bridgehead atoms. The molecule has 0 aliphatic heterocycles. The first-order valence-corrected chi connectivity index (χ1v) is 16.7. The molecule has 250 valence electrons. The van der Waals surface area contributed by atoms with Crippen LogP contribution in [0.4, 0.5) is 10.5 Å². The van der Waals surface area contributed by atoms with Crippen molar-refractivity contribution < 1.29 is 23.2 Å². The maximum absolute atomic E-state index is 14.3. The number of pyridine rings is 1. The molecule has 3 aromatic heterocycles. The number of amides is 1. The number of nitrogens with zero attached hydrogens (tertiary/aromatic N) is 7. The zero-order valence-electron chi connectivity index (χ0n) is 27.0. The van der Waals surface area contributed by atoms with E-state index < -0.39 is 21.0 Å². The topological polar surface area (TPSA) is 157 Å². The molecule has 0 aliphatic carbocycles. The number of carboxylic acid groups (broad SMARTS) is 1. The standard InChI is InChI=1S/C35H33N7O6S/c1-38(2)22-24-9-11-25(12-10-24)32-21-30-29(17-18-36-34(30)41(32)49(47,48)28-7-5-4-6-8-28)31-23-40(20-19-39(3)35(43)44)37-33(31)26-13-15-27(16-14-26)42(45)46/h4-18,21,23H,19-20,22H2,1-3H3,(H,43,44). The Labute approximate surface area is 282 Å². The first kappa shape index (κ1) is 33.1. The van der Waals surface area contributed by atoms with Gasteiger partial charge < -0.3 is 14.9 Å². The predicted molar refractivity (Wildman–Crippen MR) is 186 cm³/mol. The SMILES string of the molecule is CN(C)Cc1ccc(-c2cc3c(-c4cn(CCN(C)C(=O)O)nc4-c4ccc([N+](=O)[O-])cc4)ccnc3n2S(=O)(=O)c2ccccc2)cc1. The number of hydrogen-bond donors (Lipinski definition) is 1. The minimum atomic E-state index is -4.13. The Kier molecular flexibility index (Phi) is 8.99. The number of likely N-dealkylation sites (N-methyl/N-ethyl adjacent to an activating group) is 1. The lowest BCUT2D eigenvalue weighted by Crippen LogP contribution is -2.28. The zero-order valence-corrected chi connectivity index (χ0v) is 27.8. The summed E-state index contributed by atoms with van der Waals surface area (Å²) >= 11 is 0. The minimum Gasteiger partial charge on any atom is -0.465 e. The van der Waals surface area contributed by atoms with Gasteiger partial charge in [0.25, 0.3) is 15.7 Å². The number of fused-ring (bicyclic) bond motifs is 1. The van der Waals surface area contributed by atoms with Crippen molar-refractivity contribution in [1.82, 2.24) is 28.5 Å². The van der Waals surface area contributed by atoms with Crippen LogP contribution >= 0.6 is 0 Å². The van der Waals surface area contributed by atoms with Gasteiger partial charge in [0.1, 0.15) is 5.69 Å². The van der Waals surface area contributed by atoms with Gasteiger partial charge in [-0.2, -0.15) is 5.10 Å². The van der Waals surface area contributed by atoms with E-state index in [4.69, 9.17) is 5.10 Å². The third kappa shape index (κ3) is 6.64. The molecule has 0 saturated carbocycles. The third-order valence-electron chi connectivity index (χ3n) is 8.09. The molecule has 0 fully saturated rings. The van der Waals surface area contributed by atoms with Gasteiger partial charge in [-0.15, -0.1) is 0 Å².